The second-order valence-corrected chi connectivity index (χ2v) is 17.8. The number of hydrogen-bond donors (Lipinski definition) is 0. The first-order valence-corrected chi connectivity index (χ1v) is 25.6. The van der Waals surface area contributed by atoms with Gasteiger partial charge in [0.2, 0.25) is 0 Å². The van der Waals surface area contributed by atoms with E-state index < -0.39 is 20.8 Å². The third kappa shape index (κ3) is 10.9. The van der Waals surface area contributed by atoms with E-state index in [4.69, 9.17) is 17.0 Å². The fourth-order valence-electron chi connectivity index (χ4n) is 5.93. The molecule has 2 atom stereocenters. The first kappa shape index (κ1) is 40.2. The van der Waals surface area contributed by atoms with Crippen LogP contribution in [0.1, 0.15) is 94.4 Å². The van der Waals surface area contributed by atoms with Crippen LogP contribution in [0.2, 0.25) is 13.1 Å². The zero-order valence-electron chi connectivity index (χ0n) is 30.3. The van der Waals surface area contributed by atoms with Gasteiger partial charge in [0.05, 0.1) is 0 Å². The molecule has 2 radical (unpaired) electrons. The Hall–Kier alpha value is -2.22. The topological polar surface area (TPSA) is 0 Å². The molecular formula is C44H52Cl2SiZr. The van der Waals surface area contributed by atoms with Crippen LogP contribution in [0, 0.1) is 6.92 Å². The molecule has 0 amide bonds. The summed E-state index contributed by atoms with van der Waals surface area (Å²) < 4.78 is 0. The molecule has 0 aliphatic rings. The maximum absolute atomic E-state index is 4.93. The van der Waals surface area contributed by atoms with Crippen LogP contribution >= 0.6 is 17.0 Å². The molecule has 0 heterocycles. The molecule has 0 aliphatic carbocycles. The number of benzene rings is 4. The van der Waals surface area contributed by atoms with Crippen molar-refractivity contribution in [2.45, 2.75) is 92.2 Å². The van der Waals surface area contributed by atoms with E-state index in [1.54, 1.807) is 0 Å². The van der Waals surface area contributed by atoms with Gasteiger partial charge in [0.15, 0.2) is 0 Å². The third-order valence-electron chi connectivity index (χ3n) is 9.14. The van der Waals surface area contributed by atoms with Crippen LogP contribution in [0.25, 0.3) is 43.8 Å². The Morgan fingerprint density at radius 2 is 1.02 bits per heavy atom. The minimum absolute atomic E-state index is 0.577. The van der Waals surface area contributed by atoms with Crippen LogP contribution in [0.3, 0.4) is 0 Å². The monoisotopic (exact) mass is 768 g/mol. The van der Waals surface area contributed by atoms with Crippen LogP contribution in [-0.2, 0) is 20.8 Å². The van der Waals surface area contributed by atoms with Gasteiger partial charge in [-0.2, -0.15) is 12.1 Å². The predicted molar refractivity (Wildman–Crippen MR) is 215 cm³/mol. The summed E-state index contributed by atoms with van der Waals surface area (Å²) >= 11 is -0.826. The summed E-state index contributed by atoms with van der Waals surface area (Å²) in [5, 5.41) is 5.43. The summed E-state index contributed by atoms with van der Waals surface area (Å²) in [5.74, 6) is 1.85. The van der Waals surface area contributed by atoms with Gasteiger partial charge in [-0.05, 0) is 52.8 Å². The normalized spacial score (nSPS) is 11.8. The van der Waals surface area contributed by atoms with Gasteiger partial charge < -0.3 is 0 Å². The second kappa shape index (κ2) is 20.5. The molecule has 6 aromatic carbocycles. The van der Waals surface area contributed by atoms with Crippen molar-refractivity contribution in [3.63, 3.8) is 0 Å². The van der Waals surface area contributed by atoms with E-state index in [1.807, 2.05) is 0 Å². The van der Waals surface area contributed by atoms with E-state index in [0.29, 0.717) is 17.8 Å². The van der Waals surface area contributed by atoms with Crippen molar-refractivity contribution in [1.29, 1.82) is 0 Å². The van der Waals surface area contributed by atoms with Crippen LogP contribution in [0.4, 0.5) is 0 Å². The van der Waals surface area contributed by atoms with Gasteiger partial charge in [0.1, 0.15) is 0 Å². The molecule has 6 aromatic rings. The van der Waals surface area contributed by atoms with Gasteiger partial charge >= 0.3 is 37.9 Å². The number of fused-ring (bicyclic) bond motifs is 2. The number of hydrogen-bond acceptors (Lipinski definition) is 0. The summed E-state index contributed by atoms with van der Waals surface area (Å²) in [5.41, 5.74) is 11.0. The molecule has 2 unspecified atom stereocenters. The maximum atomic E-state index is 4.93. The molecule has 48 heavy (non-hydrogen) atoms. The van der Waals surface area contributed by atoms with Crippen molar-refractivity contribution in [2.24, 2.45) is 0 Å². The van der Waals surface area contributed by atoms with Gasteiger partial charge in [0.25, 0.3) is 0 Å². The second-order valence-electron chi connectivity index (χ2n) is 13.0. The van der Waals surface area contributed by atoms with Gasteiger partial charge in [-0.15, -0.1) is 69.1 Å². The predicted octanol–water partition coefficient (Wildman–Crippen LogP) is 15.1. The Morgan fingerprint density at radius 1 is 0.625 bits per heavy atom. The van der Waals surface area contributed by atoms with Crippen molar-refractivity contribution in [3.05, 3.63) is 131 Å². The third-order valence-corrected chi connectivity index (χ3v) is 9.14. The first-order valence-electron chi connectivity index (χ1n) is 17.2. The van der Waals surface area contributed by atoms with E-state index >= 15 is 0 Å². The summed E-state index contributed by atoms with van der Waals surface area (Å²) in [6.07, 6.45) is 2.38. The van der Waals surface area contributed by atoms with Crippen molar-refractivity contribution in [1.82, 2.24) is 0 Å². The zero-order chi connectivity index (χ0) is 35.2. The van der Waals surface area contributed by atoms with E-state index in [1.165, 1.54) is 78.9 Å². The first-order chi connectivity index (χ1) is 23.1. The fraction of sp³-hybridized carbons (Fsp3) is 0.318. The van der Waals surface area contributed by atoms with Crippen molar-refractivity contribution in [2.75, 3.05) is 0 Å². The standard InChI is InChI=1S/C22H25.C20H21.C2H6Si.2ClH.Zr/c1-5-16(4)17-9-11-18(12-10-17)21-8-6-7-19-13-20(15(2)3)14-22(19)21;1-4-15(3)16-8-10-17(11-9-16)19-7-5-6-18-12-14(2)13-20(18)19;1-3-2;;;/h6-16H,5H2,1-4H3;5-13,15H,4H2,1-3H3;1-2H3;2*1H;/q2*-1;;;;+4/p-2. The summed E-state index contributed by atoms with van der Waals surface area (Å²) in [6.45, 7) is 20.1. The van der Waals surface area contributed by atoms with Crippen molar-refractivity contribution >= 4 is 48.1 Å². The van der Waals surface area contributed by atoms with Crippen molar-refractivity contribution < 1.29 is 20.8 Å². The van der Waals surface area contributed by atoms with Gasteiger partial charge in [-0.1, -0.05) is 133 Å². The van der Waals surface area contributed by atoms with E-state index in [2.05, 4.69) is 171 Å². The quantitative estimate of drug-likeness (QED) is 0.112. The Morgan fingerprint density at radius 3 is 1.42 bits per heavy atom. The van der Waals surface area contributed by atoms with Gasteiger partial charge in [-0.3, -0.25) is 0 Å². The van der Waals surface area contributed by atoms with Crippen LogP contribution < -0.4 is 0 Å². The molecule has 0 aliphatic heterocycles. The molecule has 0 saturated carbocycles. The molecule has 0 saturated heterocycles. The molecule has 0 bridgehead atoms. The van der Waals surface area contributed by atoms with Crippen LogP contribution in [-0.4, -0.2) is 9.52 Å². The molecule has 0 nitrogen and oxygen atoms in total. The Bertz CT molecular complexity index is 1790. The average molecular weight is 771 g/mol. The molecule has 0 fully saturated rings. The fourth-order valence-corrected chi connectivity index (χ4v) is 5.93. The number of halogens is 2. The van der Waals surface area contributed by atoms with Crippen LogP contribution in [0.15, 0.2) is 109 Å². The van der Waals surface area contributed by atoms with Crippen LogP contribution in [0.5, 0.6) is 0 Å². The van der Waals surface area contributed by atoms with E-state index in [-0.39, 0.29) is 0 Å². The number of rotatable bonds is 7. The molecule has 0 spiro atoms. The molecule has 0 N–H and O–H groups in total. The Balaban J connectivity index is 0.000000225. The molecule has 250 valence electrons. The molecule has 0 aromatic heterocycles. The molecule has 4 heteroatoms. The van der Waals surface area contributed by atoms with Crippen molar-refractivity contribution in [3.8, 4) is 22.3 Å². The summed E-state index contributed by atoms with van der Waals surface area (Å²) in [7, 11) is 11.0. The SMILES string of the molecule is CCC(C)c1ccc(-c2cccc3[cH-]c(C(C)C)cc23)cc1.CCC(C)c1ccc(-c2cccc3[cH-]c(C)cc23)cc1.C[Si]C.[Cl][Zr+2][Cl]. The van der Waals surface area contributed by atoms with Gasteiger partial charge in [0, 0.05) is 9.52 Å². The zero-order valence-corrected chi connectivity index (χ0v) is 35.3. The molecular weight excluding hydrogens is 719 g/mol. The van der Waals surface area contributed by atoms with E-state index in [0.717, 1.165) is 9.52 Å². The average Bonchev–Trinajstić information content (AvgIpc) is 3.72. The Labute approximate surface area is 312 Å². The van der Waals surface area contributed by atoms with Gasteiger partial charge in [-0.25, -0.2) is 0 Å². The number of aryl methyl sites for hydroxylation is 1. The Kier molecular flexibility index (Phi) is 17.1. The minimum atomic E-state index is -0.826. The molecule has 6 rings (SSSR count). The van der Waals surface area contributed by atoms with E-state index in [9.17, 15) is 0 Å². The summed E-state index contributed by atoms with van der Waals surface area (Å²) in [6, 6.07) is 40.6. The summed E-state index contributed by atoms with van der Waals surface area (Å²) in [4.78, 5) is 0.